The molecule has 8 nitrogen and oxygen atoms in total. The molecule has 120 valence electrons. The van der Waals surface area contributed by atoms with Crippen LogP contribution >= 0.6 is 0 Å². The van der Waals surface area contributed by atoms with Crippen molar-refractivity contribution in [3.05, 3.63) is 30.5 Å². The molecule has 0 spiro atoms. The topological polar surface area (TPSA) is 136 Å². The Balaban J connectivity index is 2.21. The van der Waals surface area contributed by atoms with Gasteiger partial charge >= 0.3 is 0 Å². The van der Waals surface area contributed by atoms with Crippen molar-refractivity contribution in [3.63, 3.8) is 0 Å². The van der Waals surface area contributed by atoms with Crippen molar-refractivity contribution in [3.8, 4) is 5.75 Å². The van der Waals surface area contributed by atoms with Crippen molar-refractivity contribution < 1.29 is 35.4 Å². The molecule has 5 atom stereocenters. The first-order valence-electron chi connectivity index (χ1n) is 6.73. The van der Waals surface area contributed by atoms with E-state index in [0.29, 0.717) is 10.9 Å². The van der Waals surface area contributed by atoms with Crippen molar-refractivity contribution in [2.24, 2.45) is 0 Å². The highest BCUT2D eigenvalue weighted by molar-refractivity contribution is 5.86. The summed E-state index contributed by atoms with van der Waals surface area (Å²) in [4.78, 5) is 0. The van der Waals surface area contributed by atoms with Gasteiger partial charge in [0, 0.05) is 11.6 Å². The summed E-state index contributed by atoms with van der Waals surface area (Å²) in [5.41, 5.74) is -2.04. The van der Waals surface area contributed by atoms with Crippen LogP contribution < -0.4 is 0 Å². The summed E-state index contributed by atoms with van der Waals surface area (Å²) in [6, 6.07) is 6.50. The first-order chi connectivity index (χ1) is 10.4. The molecule has 0 radical (unpaired) electrons. The van der Waals surface area contributed by atoms with Gasteiger partial charge in [0.05, 0.1) is 12.1 Å². The Morgan fingerprint density at radius 2 is 1.82 bits per heavy atom. The fourth-order valence-electron chi connectivity index (χ4n) is 2.87. The van der Waals surface area contributed by atoms with E-state index < -0.39 is 36.9 Å². The van der Waals surface area contributed by atoms with Gasteiger partial charge in [-0.2, -0.15) is 0 Å². The van der Waals surface area contributed by atoms with E-state index in [-0.39, 0.29) is 5.75 Å². The molecule has 8 heteroatoms. The average Bonchev–Trinajstić information content (AvgIpc) is 2.87. The van der Waals surface area contributed by atoms with Gasteiger partial charge in [-0.3, -0.25) is 0 Å². The summed E-state index contributed by atoms with van der Waals surface area (Å²) in [6.45, 7) is -0.668. The van der Waals surface area contributed by atoms with Crippen LogP contribution in [0.15, 0.2) is 30.5 Å². The highest BCUT2D eigenvalue weighted by Gasteiger charge is 2.56. The molecule has 22 heavy (non-hydrogen) atoms. The largest absolute Gasteiger partial charge is 0.506 e. The number of hydrogen-bond acceptors (Lipinski definition) is 7. The SMILES string of the molecule is OC[C@H]1O[C@H](O)[C@H](O)[C@](O)(n2cc(O)c3ccccc32)[C@H]1O. The molecule has 2 aromatic rings. The second-order valence-electron chi connectivity index (χ2n) is 5.32. The zero-order valence-corrected chi connectivity index (χ0v) is 11.4. The molecule has 3 rings (SSSR count). The van der Waals surface area contributed by atoms with Crippen LogP contribution in [0.4, 0.5) is 0 Å². The Hall–Kier alpha value is -1.68. The first-order valence-corrected chi connectivity index (χ1v) is 6.73. The van der Waals surface area contributed by atoms with Gasteiger partial charge in [0.25, 0.3) is 0 Å². The van der Waals surface area contributed by atoms with Crippen molar-refractivity contribution in [2.75, 3.05) is 6.61 Å². The second-order valence-corrected chi connectivity index (χ2v) is 5.32. The summed E-state index contributed by atoms with van der Waals surface area (Å²) >= 11 is 0. The molecule has 1 aromatic heterocycles. The third-order valence-corrected chi connectivity index (χ3v) is 4.06. The third-order valence-electron chi connectivity index (χ3n) is 4.06. The van der Waals surface area contributed by atoms with E-state index in [4.69, 9.17) is 4.74 Å². The summed E-state index contributed by atoms with van der Waals surface area (Å²) in [5.74, 6) is -0.162. The number of benzene rings is 1. The molecule has 0 aliphatic carbocycles. The summed E-state index contributed by atoms with van der Waals surface area (Å²) < 4.78 is 5.94. The van der Waals surface area contributed by atoms with Gasteiger partial charge in [0.2, 0.25) is 5.72 Å². The fraction of sp³-hybridized carbons (Fsp3) is 0.429. The molecule has 0 bridgehead atoms. The van der Waals surface area contributed by atoms with Crippen molar-refractivity contribution in [1.29, 1.82) is 0 Å². The number of ether oxygens (including phenoxy) is 1. The van der Waals surface area contributed by atoms with E-state index >= 15 is 0 Å². The van der Waals surface area contributed by atoms with Crippen molar-refractivity contribution in [1.82, 2.24) is 4.57 Å². The fourth-order valence-corrected chi connectivity index (χ4v) is 2.87. The van der Waals surface area contributed by atoms with Gasteiger partial charge in [0.15, 0.2) is 12.4 Å². The average molecular weight is 311 g/mol. The predicted molar refractivity (Wildman–Crippen MR) is 73.8 cm³/mol. The van der Waals surface area contributed by atoms with Crippen LogP contribution in [0, 0.1) is 0 Å². The maximum absolute atomic E-state index is 10.9. The lowest BCUT2D eigenvalue weighted by molar-refractivity contribution is -0.346. The third kappa shape index (κ3) is 1.93. The number of aliphatic hydroxyl groups excluding tert-OH is 4. The van der Waals surface area contributed by atoms with E-state index in [0.717, 1.165) is 10.8 Å². The molecule has 0 amide bonds. The van der Waals surface area contributed by atoms with Crippen LogP contribution in [0.2, 0.25) is 0 Å². The highest BCUT2D eigenvalue weighted by atomic mass is 16.6. The summed E-state index contributed by atoms with van der Waals surface area (Å²) in [7, 11) is 0. The number of fused-ring (bicyclic) bond motifs is 1. The minimum atomic E-state index is -2.38. The van der Waals surface area contributed by atoms with Crippen LogP contribution in [0.5, 0.6) is 5.75 Å². The number of aliphatic hydroxyl groups is 5. The standard InChI is InChI=1S/C14H17NO7/c16-6-10-11(18)14(21,12(19)13(20)22-10)15-5-9(17)7-3-1-2-4-8(7)15/h1-5,10-13,16-21H,6H2/t10-,11+,12+,13+,14+/m1/s1. The van der Waals surface area contributed by atoms with Gasteiger partial charge in [-0.1, -0.05) is 12.1 Å². The molecular weight excluding hydrogens is 294 g/mol. The lowest BCUT2D eigenvalue weighted by atomic mass is 9.91. The Morgan fingerprint density at radius 3 is 2.50 bits per heavy atom. The van der Waals surface area contributed by atoms with E-state index in [1.807, 2.05) is 0 Å². The number of nitrogens with zero attached hydrogens (tertiary/aromatic N) is 1. The maximum Gasteiger partial charge on any atom is 0.202 e. The van der Waals surface area contributed by atoms with Crippen LogP contribution in [-0.2, 0) is 10.5 Å². The Kier molecular flexibility index (Phi) is 3.60. The quantitative estimate of drug-likeness (QED) is 0.394. The number of para-hydroxylation sites is 1. The first kappa shape index (κ1) is 15.2. The molecule has 0 saturated carbocycles. The van der Waals surface area contributed by atoms with Gasteiger partial charge in [-0.15, -0.1) is 0 Å². The number of aromatic nitrogens is 1. The molecule has 1 fully saturated rings. The van der Waals surface area contributed by atoms with Crippen molar-refractivity contribution >= 4 is 10.9 Å². The van der Waals surface area contributed by atoms with Crippen LogP contribution in [0.25, 0.3) is 10.9 Å². The minimum absolute atomic E-state index is 0.162. The normalized spacial score (nSPS) is 35.9. The van der Waals surface area contributed by atoms with Gasteiger partial charge in [-0.05, 0) is 12.1 Å². The summed E-state index contributed by atoms with van der Waals surface area (Å²) in [5, 5.41) is 60.6. The predicted octanol–water partition coefficient (Wildman–Crippen LogP) is -1.58. The smallest absolute Gasteiger partial charge is 0.202 e. The monoisotopic (exact) mass is 311 g/mol. The van der Waals surface area contributed by atoms with Gasteiger partial charge < -0.3 is 39.9 Å². The summed E-state index contributed by atoms with van der Waals surface area (Å²) in [6.07, 6.45) is -5.59. The van der Waals surface area contributed by atoms with E-state index in [1.54, 1.807) is 24.3 Å². The number of hydrogen-bond donors (Lipinski definition) is 6. The minimum Gasteiger partial charge on any atom is -0.506 e. The van der Waals surface area contributed by atoms with E-state index in [1.165, 1.54) is 0 Å². The Labute approximate surface area is 125 Å². The number of aromatic hydroxyl groups is 1. The van der Waals surface area contributed by atoms with E-state index in [9.17, 15) is 30.6 Å². The zero-order valence-electron chi connectivity index (χ0n) is 11.4. The van der Waals surface area contributed by atoms with Gasteiger partial charge in [-0.25, -0.2) is 0 Å². The molecule has 1 aliphatic heterocycles. The lowest BCUT2D eigenvalue weighted by Crippen LogP contribution is -2.67. The second kappa shape index (κ2) is 5.20. The number of rotatable bonds is 2. The van der Waals surface area contributed by atoms with Crippen LogP contribution in [-0.4, -0.2) is 66.4 Å². The molecule has 1 saturated heterocycles. The Morgan fingerprint density at radius 1 is 1.14 bits per heavy atom. The van der Waals surface area contributed by atoms with Crippen molar-refractivity contribution in [2.45, 2.75) is 30.3 Å². The molecule has 0 unspecified atom stereocenters. The highest BCUT2D eigenvalue weighted by Crippen LogP contribution is 2.38. The van der Waals surface area contributed by atoms with Crippen LogP contribution in [0.1, 0.15) is 0 Å². The van der Waals surface area contributed by atoms with Gasteiger partial charge in [0.1, 0.15) is 18.0 Å². The molecule has 1 aliphatic rings. The molecule has 6 N–H and O–H groups in total. The zero-order chi connectivity index (χ0) is 16.1. The molecule has 1 aromatic carbocycles. The lowest BCUT2D eigenvalue weighted by Gasteiger charge is -2.47. The van der Waals surface area contributed by atoms with E-state index in [2.05, 4.69) is 0 Å². The van der Waals surface area contributed by atoms with Crippen LogP contribution in [0.3, 0.4) is 0 Å². The maximum atomic E-state index is 10.9. The Bertz CT molecular complexity index is 687. The molecule has 2 heterocycles. The molecular formula is C14H17NO7.